The van der Waals surface area contributed by atoms with Crippen molar-refractivity contribution in [2.45, 2.75) is 149 Å². The quantitative estimate of drug-likeness (QED) is 0.103. The van der Waals surface area contributed by atoms with Crippen LogP contribution >= 0.6 is 0 Å². The molecule has 10 atom stereocenters. The Bertz CT molecular complexity index is 2470. The number of likely N-dealkylation sites (tertiary alicyclic amines) is 2. The molecule has 4 heterocycles. The van der Waals surface area contributed by atoms with Gasteiger partial charge in [-0.3, -0.25) is 38.4 Å². The highest BCUT2D eigenvalue weighted by atomic mass is 16.5. The first kappa shape index (κ1) is 56.9. The van der Waals surface area contributed by atoms with Crippen molar-refractivity contribution in [1.29, 1.82) is 0 Å². The number of amides is 7. The van der Waals surface area contributed by atoms with Crippen LogP contribution in [0.5, 0.6) is 11.5 Å². The number of ether oxygens (including phenoxy) is 2. The predicted molar refractivity (Wildman–Crippen MR) is 286 cm³/mol. The molecule has 410 valence electrons. The number of Topliss-reactive ketones (excluding diaryl/α,β-unsaturated/α-hetero) is 1. The zero-order chi connectivity index (χ0) is 55.2. The zero-order valence-electron chi connectivity index (χ0n) is 45.7. The van der Waals surface area contributed by atoms with Gasteiger partial charge in [-0.15, -0.1) is 0 Å². The van der Waals surface area contributed by atoms with E-state index in [4.69, 9.17) is 9.47 Å². The number of carbonyl (C=O) groups excluding carboxylic acids is 8. The monoisotopic (exact) mass is 1050 g/mol. The van der Waals surface area contributed by atoms with E-state index in [1.54, 1.807) is 20.9 Å². The van der Waals surface area contributed by atoms with E-state index in [9.17, 15) is 38.4 Å². The van der Waals surface area contributed by atoms with Gasteiger partial charge in [-0.05, 0) is 80.5 Å². The molecule has 0 radical (unpaired) electrons. The van der Waals surface area contributed by atoms with E-state index in [-0.39, 0.29) is 85.0 Å². The third-order valence-corrected chi connectivity index (χ3v) is 15.5. The Kier molecular flexibility index (Phi) is 18.0. The highest BCUT2D eigenvalue weighted by Crippen LogP contribution is 2.37. The van der Waals surface area contributed by atoms with Gasteiger partial charge in [0.25, 0.3) is 11.8 Å². The number of nitrogens with one attached hydrogen (secondary N) is 6. The normalized spacial score (nSPS) is 22.7. The van der Waals surface area contributed by atoms with Crippen molar-refractivity contribution < 1.29 is 47.8 Å². The van der Waals surface area contributed by atoms with Gasteiger partial charge in [-0.1, -0.05) is 91.8 Å². The summed E-state index contributed by atoms with van der Waals surface area (Å²) in [5.41, 5.74) is 0.762. The fourth-order valence-electron chi connectivity index (χ4n) is 10.5. The van der Waals surface area contributed by atoms with Crippen LogP contribution in [0.2, 0.25) is 0 Å². The lowest BCUT2D eigenvalue weighted by Gasteiger charge is -2.36. The molecule has 3 aromatic rings. The minimum atomic E-state index is -0.973. The molecule has 0 aliphatic carbocycles. The lowest BCUT2D eigenvalue weighted by atomic mass is 9.76. The van der Waals surface area contributed by atoms with E-state index in [0.29, 0.717) is 44.0 Å². The number of rotatable bonds is 17. The second-order valence-electron chi connectivity index (χ2n) is 23.1. The van der Waals surface area contributed by atoms with Crippen molar-refractivity contribution in [2.75, 3.05) is 33.4 Å². The van der Waals surface area contributed by atoms with E-state index < -0.39 is 76.6 Å². The largest absolute Gasteiger partial charge is 0.493 e. The molecule has 6 N–H and O–H groups in total. The van der Waals surface area contributed by atoms with Crippen LogP contribution < -0.4 is 41.4 Å². The predicted octanol–water partition coefficient (Wildman–Crippen LogP) is 5.17. The summed E-state index contributed by atoms with van der Waals surface area (Å²) < 4.78 is 11.7. The number of carbonyl (C=O) groups is 8. The summed E-state index contributed by atoms with van der Waals surface area (Å²) in [4.78, 5) is 115. The van der Waals surface area contributed by atoms with Crippen molar-refractivity contribution in [3.05, 3.63) is 95.1 Å². The molecule has 7 rings (SSSR count). The first-order valence-electron chi connectivity index (χ1n) is 26.9. The zero-order valence-corrected chi connectivity index (χ0v) is 45.7. The molecule has 18 heteroatoms. The third kappa shape index (κ3) is 13.2. The van der Waals surface area contributed by atoms with Gasteiger partial charge in [0.1, 0.15) is 35.4 Å². The number of hydrogen-bond acceptors (Lipinski definition) is 11. The smallest absolute Gasteiger partial charge is 0.251 e. The van der Waals surface area contributed by atoms with Gasteiger partial charge in [0.05, 0.1) is 31.3 Å². The second-order valence-corrected chi connectivity index (χ2v) is 23.1. The number of fused-ring (bicyclic) bond motifs is 2. The summed E-state index contributed by atoms with van der Waals surface area (Å²) >= 11 is 0. The number of nitrogens with zero attached hydrogens (tertiary/aromatic N) is 2. The van der Waals surface area contributed by atoms with Gasteiger partial charge < -0.3 is 51.2 Å². The average Bonchev–Trinajstić information content (AvgIpc) is 4.03. The van der Waals surface area contributed by atoms with Gasteiger partial charge in [0, 0.05) is 78.5 Å². The van der Waals surface area contributed by atoms with Gasteiger partial charge in [-0.25, -0.2) is 0 Å². The summed E-state index contributed by atoms with van der Waals surface area (Å²) in [6, 6.07) is 15.6. The molecule has 76 heavy (non-hydrogen) atoms. The SMILES string of the molecule is CC[C@@H](C)C(=O)N[C@H](C(=O)N1C[C@@H](NC(=O)c2ccc(C(=O)N[C@H]3C[C@@H](C(=O)N[C@@H]4CCOc5ccccc54)N(C(=O)[C@@H](CC(=O)[C@H](C)NC)C(C)(C)C)C3)cc2)C[C@H]1C(=O)N[C@@H]1CCOc2ccccc21)C(C)(C)C. The van der Waals surface area contributed by atoms with Crippen molar-refractivity contribution in [3.63, 3.8) is 0 Å². The molecule has 2 saturated heterocycles. The van der Waals surface area contributed by atoms with Crippen molar-refractivity contribution >= 4 is 47.1 Å². The summed E-state index contributed by atoms with van der Waals surface area (Å²) in [5, 5.41) is 18.3. The molecule has 18 nitrogen and oxygen atoms in total. The Labute approximate surface area is 446 Å². The van der Waals surface area contributed by atoms with Crippen molar-refractivity contribution in [1.82, 2.24) is 41.7 Å². The molecular weight excluding hydrogens is 969 g/mol. The van der Waals surface area contributed by atoms with Crippen LogP contribution in [0.4, 0.5) is 0 Å². The molecule has 4 aliphatic heterocycles. The molecule has 0 saturated carbocycles. The fourth-order valence-corrected chi connectivity index (χ4v) is 10.5. The Morgan fingerprint density at radius 2 is 1.07 bits per heavy atom. The van der Waals surface area contributed by atoms with E-state index in [1.807, 2.05) is 97.0 Å². The summed E-state index contributed by atoms with van der Waals surface area (Å²) in [6.45, 7) is 17.5. The molecule has 7 amide bonds. The Morgan fingerprint density at radius 1 is 0.618 bits per heavy atom. The molecular formula is C58H78N8O10. The first-order valence-corrected chi connectivity index (χ1v) is 26.9. The summed E-state index contributed by atoms with van der Waals surface area (Å²) in [7, 11) is 1.69. The number of ketones is 1. The third-order valence-electron chi connectivity index (χ3n) is 15.5. The highest BCUT2D eigenvalue weighted by molar-refractivity contribution is 5.99. The molecule has 0 aromatic heterocycles. The van der Waals surface area contributed by atoms with Crippen LogP contribution in [-0.2, 0) is 28.8 Å². The lowest BCUT2D eigenvalue weighted by Crippen LogP contribution is -2.58. The molecule has 3 aromatic carbocycles. The molecule has 0 unspecified atom stereocenters. The topological polar surface area (TPSA) is 234 Å². The number of para-hydroxylation sites is 2. The number of benzene rings is 3. The van der Waals surface area contributed by atoms with Crippen LogP contribution in [0, 0.1) is 22.7 Å². The maximum Gasteiger partial charge on any atom is 0.251 e. The second kappa shape index (κ2) is 24.0. The minimum absolute atomic E-state index is 0.00344. The van der Waals surface area contributed by atoms with E-state index in [0.717, 1.165) is 11.1 Å². The van der Waals surface area contributed by atoms with E-state index in [2.05, 4.69) is 31.9 Å². The Morgan fingerprint density at radius 3 is 1.49 bits per heavy atom. The van der Waals surface area contributed by atoms with Crippen LogP contribution in [-0.4, -0.2) is 127 Å². The minimum Gasteiger partial charge on any atom is -0.493 e. The average molecular weight is 1050 g/mol. The Hall–Kier alpha value is -6.82. The highest BCUT2D eigenvalue weighted by Gasteiger charge is 2.48. The standard InChI is InChI=1S/C58H78N8O10/c1-11-33(2)50(68)64-49(58(7,8)9)56(74)66-32-38(29-45(66)54(72)63-43-25-27-76-48-19-15-13-17-40(43)48)61-52(70)36-22-20-35(21-23-36)51(69)60-37-28-44(53(71)62-42-24-26-75-47-18-14-12-16-39(42)47)65(31-37)55(73)41(57(4,5)6)30-46(67)34(3)59-10/h12-23,33-34,37-38,41-45,49,59H,11,24-32H2,1-10H3,(H,60,69)(H,61,70)(H,62,71)(H,63,72)(H,64,68)/t33-,34+,37+,38+,41-,42-,43-,44+,45+,49-/m1/s1. The van der Waals surface area contributed by atoms with Crippen molar-refractivity contribution in [2.24, 2.45) is 22.7 Å². The maximum absolute atomic E-state index is 14.7. The fraction of sp³-hybridized carbons (Fsp3) is 0.552. The van der Waals surface area contributed by atoms with Crippen LogP contribution in [0.3, 0.4) is 0 Å². The summed E-state index contributed by atoms with van der Waals surface area (Å²) in [5.74, 6) is -2.65. The number of likely N-dealkylation sites (N-methyl/N-ethyl adjacent to an activating group) is 1. The first-order chi connectivity index (χ1) is 36.0. The Balaban J connectivity index is 1.06. The summed E-state index contributed by atoms with van der Waals surface area (Å²) in [6.07, 6.45) is 1.82. The maximum atomic E-state index is 14.7. The number of hydrogen-bond donors (Lipinski definition) is 6. The van der Waals surface area contributed by atoms with Gasteiger partial charge in [-0.2, -0.15) is 0 Å². The molecule has 4 aliphatic rings. The van der Waals surface area contributed by atoms with E-state index >= 15 is 0 Å². The van der Waals surface area contributed by atoms with Crippen LogP contribution in [0.25, 0.3) is 0 Å². The molecule has 2 fully saturated rings. The lowest BCUT2D eigenvalue weighted by molar-refractivity contribution is -0.146. The van der Waals surface area contributed by atoms with E-state index in [1.165, 1.54) is 34.1 Å². The van der Waals surface area contributed by atoms with Gasteiger partial charge >= 0.3 is 0 Å². The molecule has 0 bridgehead atoms. The van der Waals surface area contributed by atoms with Crippen LogP contribution in [0.1, 0.15) is 145 Å². The van der Waals surface area contributed by atoms with Crippen LogP contribution in [0.15, 0.2) is 72.8 Å². The van der Waals surface area contributed by atoms with Crippen molar-refractivity contribution in [3.8, 4) is 11.5 Å². The molecule has 0 spiro atoms. The van der Waals surface area contributed by atoms with Gasteiger partial charge in [0.15, 0.2) is 0 Å². The van der Waals surface area contributed by atoms with Gasteiger partial charge in [0.2, 0.25) is 29.5 Å².